The minimum Gasteiger partial charge on any atom is -0.229 e. The van der Waals surface area contributed by atoms with Crippen LogP contribution in [-0.4, -0.2) is 10.1 Å². The van der Waals surface area contributed by atoms with Gasteiger partial charge in [0.2, 0.25) is 5.01 Å². The fourth-order valence-corrected chi connectivity index (χ4v) is 2.70. The van der Waals surface area contributed by atoms with Crippen molar-refractivity contribution in [1.29, 1.82) is 0 Å². The molecule has 5 heteroatoms. The van der Waals surface area contributed by atoms with Crippen LogP contribution in [0.2, 0.25) is 0 Å². The van der Waals surface area contributed by atoms with Crippen LogP contribution in [0.3, 0.4) is 0 Å². The standard InChI is InChI=1S/C11H10N3S.C5H5.Fe/c1-2-10-13-14-7-9(12-11(14)15-10)8-5-3-4-6-8;1-2-4-5-3-1;/h3-7H,2H2,1H3;1-5H;/q2*-1;+2. The zero-order chi connectivity index (χ0) is 13.8. The third-order valence-corrected chi connectivity index (χ3v) is 3.97. The number of aryl methyl sites for hydroxylation is 1. The molecule has 0 aliphatic carbocycles. The van der Waals surface area contributed by atoms with Crippen LogP contribution in [0, 0.1) is 0 Å². The van der Waals surface area contributed by atoms with E-state index in [4.69, 9.17) is 0 Å². The molecule has 0 aliphatic heterocycles. The summed E-state index contributed by atoms with van der Waals surface area (Å²) in [5.41, 5.74) is 2.16. The Balaban J connectivity index is 0.000000231. The topological polar surface area (TPSA) is 29.9 Å². The Morgan fingerprint density at radius 2 is 2.05 bits per heavy atom. The van der Waals surface area contributed by atoms with E-state index < -0.39 is 0 Å². The monoisotopic (exact) mass is 337 g/mol. The van der Waals surface area contributed by atoms with Crippen molar-refractivity contribution >= 4 is 16.3 Å². The van der Waals surface area contributed by atoms with Crippen LogP contribution in [0.1, 0.15) is 11.9 Å². The van der Waals surface area contributed by atoms with Gasteiger partial charge in [-0.25, -0.2) is 23.8 Å². The van der Waals surface area contributed by atoms with Gasteiger partial charge < -0.3 is 0 Å². The van der Waals surface area contributed by atoms with Gasteiger partial charge >= 0.3 is 22.0 Å². The zero-order valence-corrected chi connectivity index (χ0v) is 13.5. The molecule has 0 aliphatic rings. The van der Waals surface area contributed by atoms with E-state index in [0.717, 1.165) is 27.6 Å². The second kappa shape index (κ2) is 7.36. The van der Waals surface area contributed by atoms with Crippen molar-refractivity contribution in [3.63, 3.8) is 0 Å². The van der Waals surface area contributed by atoms with Crippen LogP contribution in [0.5, 0.6) is 0 Å². The van der Waals surface area contributed by atoms with Crippen molar-refractivity contribution in [1.82, 2.24) is 10.1 Å². The largest absolute Gasteiger partial charge is 2.00 e. The summed E-state index contributed by atoms with van der Waals surface area (Å²) in [5, 5.41) is 5.57. The summed E-state index contributed by atoms with van der Waals surface area (Å²) in [6, 6.07) is 18.2. The SMILES string of the molecule is CC[c-]1n[n+]2[cH-]c(-c3ccc[cH-]3)nc2[s+]1.[Fe+2].c1cc[cH-]c1. The Labute approximate surface area is 138 Å². The van der Waals surface area contributed by atoms with Crippen molar-refractivity contribution in [2.75, 3.05) is 0 Å². The molecule has 0 spiro atoms. The zero-order valence-electron chi connectivity index (χ0n) is 11.6. The molecule has 0 atom stereocenters. The van der Waals surface area contributed by atoms with E-state index in [9.17, 15) is 0 Å². The summed E-state index contributed by atoms with van der Waals surface area (Å²) >= 11 is 1.66. The maximum Gasteiger partial charge on any atom is 2.00 e. The molecule has 2 aromatic heterocycles. The van der Waals surface area contributed by atoms with E-state index in [1.165, 1.54) is 0 Å². The van der Waals surface area contributed by atoms with Crippen LogP contribution in [-0.2, 0) is 23.5 Å². The summed E-state index contributed by atoms with van der Waals surface area (Å²) in [7, 11) is 0. The summed E-state index contributed by atoms with van der Waals surface area (Å²) in [5.74, 6) is 0. The number of rotatable bonds is 2. The second-order valence-electron chi connectivity index (χ2n) is 4.34. The Morgan fingerprint density at radius 3 is 2.57 bits per heavy atom. The number of imidazole rings is 1. The van der Waals surface area contributed by atoms with Gasteiger partial charge in [0.05, 0.1) is 0 Å². The van der Waals surface area contributed by atoms with Crippen molar-refractivity contribution in [3.8, 4) is 11.3 Å². The number of nitrogens with zero attached hydrogens (tertiary/aromatic N) is 3. The Morgan fingerprint density at radius 1 is 1.24 bits per heavy atom. The first-order valence-electron chi connectivity index (χ1n) is 6.60. The van der Waals surface area contributed by atoms with E-state index in [0.29, 0.717) is 0 Å². The maximum atomic E-state index is 4.54. The first-order chi connectivity index (χ1) is 9.86. The van der Waals surface area contributed by atoms with E-state index in [1.807, 2.05) is 53.2 Å². The van der Waals surface area contributed by atoms with Crippen LogP contribution in [0.15, 0.2) is 60.8 Å². The third kappa shape index (κ3) is 3.70. The molecule has 4 aromatic rings. The van der Waals surface area contributed by atoms with Gasteiger partial charge in [0.25, 0.3) is 0 Å². The fraction of sp³-hybridized carbons (Fsp3) is 0.125. The number of hydrogen-bond acceptors (Lipinski definition) is 2. The second-order valence-corrected chi connectivity index (χ2v) is 5.38. The first-order valence-corrected chi connectivity index (χ1v) is 7.42. The summed E-state index contributed by atoms with van der Waals surface area (Å²) in [6.45, 7) is 2.11. The van der Waals surface area contributed by atoms with E-state index >= 15 is 0 Å². The Hall–Kier alpha value is -1.68. The molecule has 3 nitrogen and oxygen atoms in total. The van der Waals surface area contributed by atoms with Gasteiger partial charge in [-0.3, -0.25) is 0 Å². The third-order valence-electron chi connectivity index (χ3n) is 2.90. The maximum absolute atomic E-state index is 4.54. The molecule has 4 rings (SSSR count). The van der Waals surface area contributed by atoms with Gasteiger partial charge in [-0.05, 0) is 6.42 Å². The molecule has 21 heavy (non-hydrogen) atoms. The van der Waals surface area contributed by atoms with E-state index in [-0.39, 0.29) is 17.1 Å². The van der Waals surface area contributed by atoms with Gasteiger partial charge in [0, 0.05) is 11.9 Å². The van der Waals surface area contributed by atoms with Crippen LogP contribution >= 0.6 is 11.3 Å². The van der Waals surface area contributed by atoms with Crippen molar-refractivity contribution in [2.24, 2.45) is 0 Å². The minimum atomic E-state index is 0. The van der Waals surface area contributed by atoms with Crippen molar-refractivity contribution in [3.05, 3.63) is 65.8 Å². The molecule has 0 bridgehead atoms. The summed E-state index contributed by atoms with van der Waals surface area (Å²) in [4.78, 5) is 5.52. The normalized spacial score (nSPS) is 9.95. The van der Waals surface area contributed by atoms with Gasteiger partial charge in [-0.1, -0.05) is 6.92 Å². The molecule has 108 valence electrons. The molecular formula is C16H15FeN3S. The molecule has 0 fully saturated rings. The summed E-state index contributed by atoms with van der Waals surface area (Å²) in [6.07, 6.45) is 2.96. The van der Waals surface area contributed by atoms with E-state index in [1.54, 1.807) is 11.3 Å². The van der Waals surface area contributed by atoms with E-state index in [2.05, 4.69) is 29.1 Å². The van der Waals surface area contributed by atoms with Crippen molar-refractivity contribution in [2.45, 2.75) is 13.3 Å². The van der Waals surface area contributed by atoms with Gasteiger partial charge in [-0.15, -0.1) is 10.1 Å². The molecule has 0 saturated carbocycles. The fourth-order valence-electron chi connectivity index (χ4n) is 1.89. The average molecular weight is 337 g/mol. The number of hydrogen-bond donors (Lipinski definition) is 0. The van der Waals surface area contributed by atoms with Gasteiger partial charge in [0.15, 0.2) is 11.3 Å². The quantitative estimate of drug-likeness (QED) is 0.243. The van der Waals surface area contributed by atoms with Gasteiger partial charge in [-0.2, -0.15) is 40.9 Å². The predicted octanol–water partition coefficient (Wildman–Crippen LogP) is 3.35. The predicted molar refractivity (Wildman–Crippen MR) is 81.1 cm³/mol. The van der Waals surface area contributed by atoms with Crippen LogP contribution < -0.4 is 4.52 Å². The smallest absolute Gasteiger partial charge is 0.229 e. The van der Waals surface area contributed by atoms with Crippen molar-refractivity contribution < 1.29 is 21.6 Å². The van der Waals surface area contributed by atoms with Crippen LogP contribution in [0.25, 0.3) is 16.2 Å². The molecule has 0 radical (unpaired) electrons. The van der Waals surface area contributed by atoms with Crippen LogP contribution in [0.4, 0.5) is 0 Å². The molecule has 2 heterocycles. The Kier molecular flexibility index (Phi) is 5.51. The molecule has 0 N–H and O–H groups in total. The van der Waals surface area contributed by atoms with Gasteiger partial charge in [0.1, 0.15) is 0 Å². The Bertz CT molecular complexity index is 702. The molecule has 0 saturated heterocycles. The molecule has 0 amide bonds. The minimum absolute atomic E-state index is 0. The number of fused-ring (bicyclic) bond motifs is 1. The molecule has 2 aromatic carbocycles. The number of aromatic nitrogens is 3. The average Bonchev–Trinajstić information content (AvgIpc) is 3.21. The first kappa shape index (κ1) is 15.7. The molecule has 0 unspecified atom stereocenters. The molecular weight excluding hydrogens is 322 g/mol. The summed E-state index contributed by atoms with van der Waals surface area (Å²) < 4.78 is 1.87.